The zero-order valence-electron chi connectivity index (χ0n) is 12.7. The van der Waals surface area contributed by atoms with Gasteiger partial charge >= 0.3 is 0 Å². The molecular weight excluding hydrogens is 349 g/mol. The van der Waals surface area contributed by atoms with Crippen molar-refractivity contribution in [2.75, 3.05) is 30.7 Å². The van der Waals surface area contributed by atoms with E-state index < -0.39 is 10.0 Å². The molecule has 0 amide bonds. The average molecular weight is 370 g/mol. The van der Waals surface area contributed by atoms with Gasteiger partial charge in [-0.3, -0.25) is 9.71 Å². The first-order valence-electron chi connectivity index (χ1n) is 6.34. The number of hydrogen-bond acceptors (Lipinski definition) is 5. The number of hydrogen-bond donors (Lipinski definition) is 2. The average Bonchev–Trinajstić information content (AvgIpc) is 2.82. The lowest BCUT2D eigenvalue weighted by Gasteiger charge is -2.14. The Morgan fingerprint density at radius 3 is 2.50 bits per heavy atom. The Labute approximate surface area is 143 Å². The van der Waals surface area contributed by atoms with Crippen molar-refractivity contribution < 1.29 is 13.2 Å². The van der Waals surface area contributed by atoms with Crippen LogP contribution in [0, 0.1) is 13.8 Å². The summed E-state index contributed by atoms with van der Waals surface area (Å²) >= 11 is 0. The maximum atomic E-state index is 11.3. The van der Waals surface area contributed by atoms with Crippen LogP contribution in [0.3, 0.4) is 0 Å². The molecule has 1 aromatic carbocycles. The lowest BCUT2D eigenvalue weighted by Crippen LogP contribution is -2.25. The second kappa shape index (κ2) is 8.45. The highest BCUT2D eigenvalue weighted by molar-refractivity contribution is 7.92. The summed E-state index contributed by atoms with van der Waals surface area (Å²) in [7, 11) is -3.30. The van der Waals surface area contributed by atoms with E-state index in [1.165, 1.54) is 0 Å². The van der Waals surface area contributed by atoms with Crippen molar-refractivity contribution in [2.24, 2.45) is 4.99 Å². The van der Waals surface area contributed by atoms with Crippen LogP contribution in [0.4, 0.5) is 5.69 Å². The van der Waals surface area contributed by atoms with E-state index in [2.05, 4.69) is 15.0 Å². The highest BCUT2D eigenvalue weighted by Gasteiger charge is 2.11. The minimum absolute atomic E-state index is 0. The predicted octanol–water partition coefficient (Wildman–Crippen LogP) is 1.90. The first-order chi connectivity index (χ1) is 9.35. The van der Waals surface area contributed by atoms with E-state index in [1.807, 2.05) is 19.9 Å². The summed E-state index contributed by atoms with van der Waals surface area (Å²) in [5, 5.41) is 3.12. The van der Waals surface area contributed by atoms with Crippen LogP contribution < -0.4 is 14.8 Å². The minimum Gasteiger partial charge on any atom is -0.485 e. The molecule has 0 unspecified atom stereocenters. The molecular formula is C13H21Cl2N3O3S. The molecule has 6 nitrogen and oxygen atoms in total. The molecule has 126 valence electrons. The van der Waals surface area contributed by atoms with E-state index in [1.54, 1.807) is 6.07 Å². The number of amidine groups is 1. The van der Waals surface area contributed by atoms with Gasteiger partial charge in [0.15, 0.2) is 0 Å². The number of nitrogens with one attached hydrogen (secondary N) is 2. The lowest BCUT2D eigenvalue weighted by molar-refractivity contribution is 0.371. The smallest absolute Gasteiger partial charge is 0.229 e. The van der Waals surface area contributed by atoms with Crippen molar-refractivity contribution in [3.05, 3.63) is 23.3 Å². The van der Waals surface area contributed by atoms with E-state index in [9.17, 15) is 8.42 Å². The molecule has 1 aliphatic heterocycles. The van der Waals surface area contributed by atoms with Crippen molar-refractivity contribution in [3.63, 3.8) is 0 Å². The van der Waals surface area contributed by atoms with Crippen LogP contribution in [0.5, 0.6) is 5.75 Å². The summed E-state index contributed by atoms with van der Waals surface area (Å²) in [6.07, 6.45) is 1.13. The first kappa shape index (κ1) is 20.8. The highest BCUT2D eigenvalue weighted by atomic mass is 35.5. The van der Waals surface area contributed by atoms with Gasteiger partial charge in [0.1, 0.15) is 18.2 Å². The lowest BCUT2D eigenvalue weighted by atomic mass is 10.1. The van der Waals surface area contributed by atoms with Gasteiger partial charge in [-0.05, 0) is 25.0 Å². The molecule has 2 rings (SSSR count). The molecule has 1 heterocycles. The van der Waals surface area contributed by atoms with E-state index in [4.69, 9.17) is 4.74 Å². The topological polar surface area (TPSA) is 79.8 Å². The van der Waals surface area contributed by atoms with Crippen molar-refractivity contribution >= 4 is 46.4 Å². The van der Waals surface area contributed by atoms with Crippen molar-refractivity contribution in [3.8, 4) is 5.75 Å². The standard InChI is InChI=1S/C13H19N3O3S.2ClH/c1-9-6-10(2)12(7-11(9)16-20(3,17)18)19-8-13-14-4-5-15-13;;/h6-7,16H,4-5,8H2,1-3H3,(H,14,15);2*1H. The quantitative estimate of drug-likeness (QED) is 0.830. The van der Waals surface area contributed by atoms with Crippen LogP contribution in [0.25, 0.3) is 0 Å². The maximum Gasteiger partial charge on any atom is 0.229 e. The van der Waals surface area contributed by atoms with Crippen molar-refractivity contribution in [1.82, 2.24) is 5.32 Å². The van der Waals surface area contributed by atoms with Gasteiger partial charge in [-0.15, -0.1) is 24.8 Å². The fourth-order valence-electron chi connectivity index (χ4n) is 1.99. The molecule has 0 saturated heterocycles. The summed E-state index contributed by atoms with van der Waals surface area (Å²) in [6.45, 7) is 5.75. The number of sulfonamides is 1. The normalized spacial score (nSPS) is 13.3. The van der Waals surface area contributed by atoms with Crippen LogP contribution in [0.15, 0.2) is 17.1 Å². The monoisotopic (exact) mass is 369 g/mol. The maximum absolute atomic E-state index is 11.3. The molecule has 0 aliphatic carbocycles. The molecule has 1 aromatic rings. The van der Waals surface area contributed by atoms with Crippen LogP contribution in [-0.2, 0) is 10.0 Å². The number of aliphatic imine (C=N–C) groups is 1. The van der Waals surface area contributed by atoms with Gasteiger partial charge in [0.05, 0.1) is 18.5 Å². The fourth-order valence-corrected chi connectivity index (χ4v) is 2.61. The van der Waals surface area contributed by atoms with Gasteiger partial charge < -0.3 is 10.1 Å². The van der Waals surface area contributed by atoms with Gasteiger partial charge in [-0.1, -0.05) is 6.07 Å². The van der Waals surface area contributed by atoms with Gasteiger partial charge in [0.2, 0.25) is 10.0 Å². The Morgan fingerprint density at radius 1 is 1.27 bits per heavy atom. The largest absolute Gasteiger partial charge is 0.485 e. The summed E-state index contributed by atoms with van der Waals surface area (Å²) in [5.41, 5.74) is 2.35. The number of ether oxygens (including phenoxy) is 1. The van der Waals surface area contributed by atoms with Crippen LogP contribution in [0.2, 0.25) is 0 Å². The van der Waals surface area contributed by atoms with Gasteiger partial charge in [0, 0.05) is 12.6 Å². The third kappa shape index (κ3) is 5.90. The number of nitrogens with zero attached hydrogens (tertiary/aromatic N) is 1. The third-order valence-corrected chi connectivity index (χ3v) is 3.52. The van der Waals surface area contributed by atoms with E-state index >= 15 is 0 Å². The first-order valence-corrected chi connectivity index (χ1v) is 8.23. The molecule has 0 spiro atoms. The van der Waals surface area contributed by atoms with E-state index in [-0.39, 0.29) is 24.8 Å². The minimum atomic E-state index is -3.30. The van der Waals surface area contributed by atoms with Gasteiger partial charge in [0.25, 0.3) is 0 Å². The van der Waals surface area contributed by atoms with Crippen LogP contribution in [-0.4, -0.2) is 40.2 Å². The highest BCUT2D eigenvalue weighted by Crippen LogP contribution is 2.27. The summed E-state index contributed by atoms with van der Waals surface area (Å²) in [6, 6.07) is 3.61. The zero-order valence-corrected chi connectivity index (χ0v) is 15.1. The molecule has 22 heavy (non-hydrogen) atoms. The molecule has 0 radical (unpaired) electrons. The summed E-state index contributed by atoms with van der Waals surface area (Å²) < 4.78 is 30.9. The number of benzene rings is 1. The molecule has 1 aliphatic rings. The summed E-state index contributed by atoms with van der Waals surface area (Å²) in [4.78, 5) is 4.25. The van der Waals surface area contributed by atoms with Crippen LogP contribution >= 0.6 is 24.8 Å². The fraction of sp³-hybridized carbons (Fsp3) is 0.462. The second-order valence-corrected chi connectivity index (χ2v) is 6.60. The summed E-state index contributed by atoms with van der Waals surface area (Å²) in [5.74, 6) is 1.47. The van der Waals surface area contributed by atoms with E-state index in [0.29, 0.717) is 18.0 Å². The Balaban J connectivity index is 0.00000220. The van der Waals surface area contributed by atoms with E-state index in [0.717, 1.165) is 36.3 Å². The Kier molecular flexibility index (Phi) is 8.00. The Morgan fingerprint density at radius 2 is 1.95 bits per heavy atom. The van der Waals surface area contributed by atoms with Gasteiger partial charge in [-0.2, -0.15) is 0 Å². The zero-order chi connectivity index (χ0) is 14.8. The molecule has 0 atom stereocenters. The molecule has 9 heteroatoms. The molecule has 0 aromatic heterocycles. The Hall–Kier alpha value is -1.18. The van der Waals surface area contributed by atoms with Crippen molar-refractivity contribution in [2.45, 2.75) is 13.8 Å². The van der Waals surface area contributed by atoms with Crippen molar-refractivity contribution in [1.29, 1.82) is 0 Å². The number of rotatable bonds is 5. The number of anilines is 1. The third-order valence-electron chi connectivity index (χ3n) is 2.93. The number of aryl methyl sites for hydroxylation is 2. The predicted molar refractivity (Wildman–Crippen MR) is 94.7 cm³/mol. The molecule has 0 saturated carbocycles. The molecule has 0 bridgehead atoms. The number of halogens is 2. The van der Waals surface area contributed by atoms with Crippen LogP contribution in [0.1, 0.15) is 11.1 Å². The molecule has 0 fully saturated rings. The SMILES string of the molecule is Cc1cc(C)c(OCC2=NCCN2)cc1NS(C)(=O)=O.Cl.Cl. The Bertz CT molecular complexity index is 648. The second-order valence-electron chi connectivity index (χ2n) is 4.85. The van der Waals surface area contributed by atoms with Gasteiger partial charge in [-0.25, -0.2) is 8.42 Å². The molecule has 2 N–H and O–H groups in total.